The molecule has 8 heteroatoms. The average molecular weight is 753 g/mol. The zero-order chi connectivity index (χ0) is 34.6. The molecule has 4 rings (SSSR count). The Kier molecular flexibility index (Phi) is 20.2. The van der Waals surface area contributed by atoms with Crippen molar-refractivity contribution in [2.45, 2.75) is 180 Å². The lowest BCUT2D eigenvalue weighted by Gasteiger charge is -2.34. The van der Waals surface area contributed by atoms with Crippen molar-refractivity contribution in [2.75, 3.05) is 26.4 Å². The predicted molar refractivity (Wildman–Crippen MR) is 220 cm³/mol. The van der Waals surface area contributed by atoms with Gasteiger partial charge in [0.15, 0.2) is 20.2 Å². The molecule has 49 heavy (non-hydrogen) atoms. The molecule has 0 amide bonds. The van der Waals surface area contributed by atoms with Crippen molar-refractivity contribution in [1.82, 2.24) is 0 Å². The molecule has 280 valence electrons. The van der Waals surface area contributed by atoms with Crippen LogP contribution in [0.25, 0.3) is 0 Å². The highest BCUT2D eigenvalue weighted by Crippen LogP contribution is 2.32. The van der Waals surface area contributed by atoms with Gasteiger partial charge in [0.1, 0.15) is 31.8 Å². The summed E-state index contributed by atoms with van der Waals surface area (Å²) in [6.07, 6.45) is 34.4. The van der Waals surface area contributed by atoms with Crippen molar-refractivity contribution in [3.63, 3.8) is 0 Å². The van der Waals surface area contributed by atoms with E-state index in [9.17, 15) is 0 Å². The first-order chi connectivity index (χ1) is 23.9. The minimum Gasteiger partial charge on any atom is -0.486 e. The number of hydrogen-bond donors (Lipinski definition) is 0. The van der Waals surface area contributed by atoms with Crippen molar-refractivity contribution in [2.24, 2.45) is 29.1 Å². The second-order valence-corrected chi connectivity index (χ2v) is 18.1. The van der Waals surface area contributed by atoms with E-state index in [-0.39, 0.29) is 0 Å². The molecule has 0 spiro atoms. The van der Waals surface area contributed by atoms with Crippen LogP contribution in [0.1, 0.15) is 180 Å². The molecule has 0 atom stereocenters. The van der Waals surface area contributed by atoms with Gasteiger partial charge in [-0.25, -0.2) is 0 Å². The summed E-state index contributed by atoms with van der Waals surface area (Å²) in [5.74, 6) is 3.05. The predicted octanol–water partition coefficient (Wildman–Crippen LogP) is 12.8. The van der Waals surface area contributed by atoms with Crippen molar-refractivity contribution >= 4 is 69.1 Å². The van der Waals surface area contributed by atoms with Crippen LogP contribution in [0.15, 0.2) is 0 Å². The summed E-state index contributed by atoms with van der Waals surface area (Å²) < 4.78 is 25.7. The van der Waals surface area contributed by atoms with Crippen molar-refractivity contribution in [3.8, 4) is 0 Å². The molecule has 4 aliphatic rings. The maximum absolute atomic E-state index is 6.42. The normalized spacial score (nSPS) is 20.4. The van der Waals surface area contributed by atoms with E-state index in [1.807, 2.05) is 0 Å². The monoisotopic (exact) mass is 752 g/mol. The van der Waals surface area contributed by atoms with Gasteiger partial charge in [-0.3, -0.25) is 0 Å². The third-order valence-corrected chi connectivity index (χ3v) is 13.4. The molecule has 0 radical (unpaired) electrons. The fourth-order valence-corrected chi connectivity index (χ4v) is 9.37. The molecule has 4 aliphatic carbocycles. The highest BCUT2D eigenvalue weighted by atomic mass is 32.1. The molecule has 4 saturated carbocycles. The first-order valence-corrected chi connectivity index (χ1v) is 22.1. The molecule has 0 heterocycles. The highest BCUT2D eigenvalue weighted by molar-refractivity contribution is 7.80. The Hall–Kier alpha value is -0.440. The van der Waals surface area contributed by atoms with Gasteiger partial charge in [0.25, 0.3) is 0 Å². The van der Waals surface area contributed by atoms with Crippen molar-refractivity contribution < 1.29 is 18.9 Å². The summed E-state index contributed by atoms with van der Waals surface area (Å²) in [7, 11) is 0. The third-order valence-electron chi connectivity index (χ3n) is 12.1. The van der Waals surface area contributed by atoms with Crippen LogP contribution >= 0.6 is 48.9 Å². The van der Waals surface area contributed by atoms with Crippen LogP contribution in [-0.2, 0) is 18.9 Å². The first kappa shape index (κ1) is 41.3. The zero-order valence-electron chi connectivity index (χ0n) is 30.7. The summed E-state index contributed by atoms with van der Waals surface area (Å²) in [5, 5.41) is 2.70. The van der Waals surface area contributed by atoms with E-state index >= 15 is 0 Å². The molecule has 0 aromatic rings. The summed E-state index contributed by atoms with van der Waals surface area (Å²) in [5.41, 5.74) is -0.631. The number of thiocarbonyl (C=S) groups is 4. The lowest BCUT2D eigenvalue weighted by Crippen LogP contribution is -2.43. The van der Waals surface area contributed by atoms with Crippen LogP contribution in [0.3, 0.4) is 0 Å². The van der Waals surface area contributed by atoms with Crippen LogP contribution in [0.2, 0.25) is 0 Å². The van der Waals surface area contributed by atoms with Crippen LogP contribution in [0.5, 0.6) is 0 Å². The van der Waals surface area contributed by atoms with Crippen LogP contribution in [-0.4, -0.2) is 46.6 Å². The number of hydrogen-bond acceptors (Lipinski definition) is 8. The van der Waals surface area contributed by atoms with Gasteiger partial charge < -0.3 is 18.9 Å². The van der Waals surface area contributed by atoms with Crippen LogP contribution in [0, 0.1) is 29.1 Å². The second kappa shape index (κ2) is 24.0. The Labute approximate surface area is 321 Å². The quantitative estimate of drug-likeness (QED) is 0.114. The van der Waals surface area contributed by atoms with E-state index < -0.39 is 5.41 Å². The van der Waals surface area contributed by atoms with E-state index in [2.05, 4.69) is 0 Å². The fraction of sp³-hybridized carbons (Fsp3) is 0.902. The molecule has 0 bridgehead atoms. The Morgan fingerprint density at radius 2 is 0.551 bits per heavy atom. The largest absolute Gasteiger partial charge is 0.486 e. The molecule has 0 aromatic heterocycles. The van der Waals surface area contributed by atoms with Gasteiger partial charge in [-0.15, -0.1) is 0 Å². The molecule has 4 nitrogen and oxygen atoms in total. The molecule has 4 fully saturated rings. The lowest BCUT2D eigenvalue weighted by molar-refractivity contribution is -0.0166. The number of rotatable bonds is 20. The highest BCUT2D eigenvalue weighted by Gasteiger charge is 2.37. The van der Waals surface area contributed by atoms with E-state index in [0.717, 1.165) is 75.0 Å². The molecule has 0 aromatic carbocycles. The summed E-state index contributed by atoms with van der Waals surface area (Å²) >= 11 is 23.3. The van der Waals surface area contributed by atoms with E-state index in [4.69, 9.17) is 67.8 Å². The van der Waals surface area contributed by atoms with Gasteiger partial charge in [-0.05, 0) is 98.2 Å². The van der Waals surface area contributed by atoms with E-state index in [1.165, 1.54) is 128 Å². The van der Waals surface area contributed by atoms with E-state index in [1.54, 1.807) is 0 Å². The van der Waals surface area contributed by atoms with Crippen molar-refractivity contribution in [1.29, 1.82) is 0 Å². The zero-order valence-corrected chi connectivity index (χ0v) is 34.0. The van der Waals surface area contributed by atoms with Gasteiger partial charge in [-0.2, -0.15) is 0 Å². The van der Waals surface area contributed by atoms with Crippen LogP contribution < -0.4 is 0 Å². The van der Waals surface area contributed by atoms with E-state index in [0.29, 0.717) is 46.6 Å². The first-order valence-electron chi connectivity index (χ1n) is 20.5. The minimum absolute atomic E-state index is 0.345. The number of ether oxygens (including phenoxy) is 4. The van der Waals surface area contributed by atoms with Gasteiger partial charge in [-0.1, -0.05) is 128 Å². The van der Waals surface area contributed by atoms with Crippen LogP contribution in [0.4, 0.5) is 0 Å². The summed E-state index contributed by atoms with van der Waals surface area (Å²) in [4.78, 5) is 0. The topological polar surface area (TPSA) is 36.9 Å². The minimum atomic E-state index is -0.631. The molecule has 0 N–H and O–H groups in total. The standard InChI is InChI=1S/C41H68O4S4/c46-37(25-21-33-13-5-1-6-14-33)42-29-41(30-43-38(47)26-22-34-15-7-2-8-16-34,31-44-39(48)27-23-35-17-9-3-10-18-35)32-45-40(49)28-24-36-19-11-4-12-20-36/h33-36H,1-32H2. The summed E-state index contributed by atoms with van der Waals surface area (Å²) in [6.45, 7) is 1.38. The lowest BCUT2D eigenvalue weighted by atomic mass is 9.86. The van der Waals surface area contributed by atoms with Gasteiger partial charge in [0.05, 0.1) is 0 Å². The van der Waals surface area contributed by atoms with Gasteiger partial charge in [0.2, 0.25) is 0 Å². The Morgan fingerprint density at radius 3 is 0.755 bits per heavy atom. The smallest absolute Gasteiger partial charge is 0.159 e. The maximum Gasteiger partial charge on any atom is 0.159 e. The fourth-order valence-electron chi connectivity index (χ4n) is 8.66. The molecular formula is C41H68O4S4. The maximum atomic E-state index is 6.42. The Bertz CT molecular complexity index is 820. The van der Waals surface area contributed by atoms with Gasteiger partial charge >= 0.3 is 0 Å². The molecule has 0 aliphatic heterocycles. The average Bonchev–Trinajstić information content (AvgIpc) is 3.15. The molecular weight excluding hydrogens is 685 g/mol. The third kappa shape index (κ3) is 17.3. The summed E-state index contributed by atoms with van der Waals surface area (Å²) in [6, 6.07) is 0. The molecule has 0 unspecified atom stereocenters. The Balaban J connectivity index is 1.37. The molecule has 0 saturated heterocycles. The van der Waals surface area contributed by atoms with Gasteiger partial charge in [0, 0.05) is 25.7 Å². The van der Waals surface area contributed by atoms with Crippen molar-refractivity contribution in [3.05, 3.63) is 0 Å². The second-order valence-electron chi connectivity index (χ2n) is 16.3. The Morgan fingerprint density at radius 1 is 0.347 bits per heavy atom. The SMILES string of the molecule is S=C(CCC1CCCCC1)OCC(COC(=S)CCC1CCCCC1)(COC(=S)CCC1CCCCC1)COC(=S)CCC1CCCCC1.